The molecule has 1 fully saturated rings. The zero-order valence-electron chi connectivity index (χ0n) is 16.3. The monoisotopic (exact) mass is 382 g/mol. The first-order chi connectivity index (χ1) is 13.6. The maximum absolute atomic E-state index is 12.7. The predicted molar refractivity (Wildman–Crippen MR) is 108 cm³/mol. The second-order valence-corrected chi connectivity index (χ2v) is 6.87. The Bertz CT molecular complexity index is 833. The molecule has 1 saturated carbocycles. The van der Waals surface area contributed by atoms with E-state index in [1.165, 1.54) is 0 Å². The fourth-order valence-corrected chi connectivity index (χ4v) is 3.01. The summed E-state index contributed by atoms with van der Waals surface area (Å²) in [5, 5.41) is 2.91. The van der Waals surface area contributed by atoms with Crippen molar-refractivity contribution < 1.29 is 19.1 Å². The minimum Gasteiger partial charge on any atom is -0.493 e. The number of anilines is 1. The van der Waals surface area contributed by atoms with E-state index in [9.17, 15) is 9.59 Å². The van der Waals surface area contributed by atoms with Crippen LogP contribution in [0.5, 0.6) is 11.5 Å². The standard InChI is InChI=1S/C22H26N2O4/c1-16-7-3-4-8-18(16)23-21(25)13-14-24(17-11-12-17)22(26)15-28-20-10-6-5-9-19(20)27-2/h3-10,17H,11-15H2,1-2H3,(H,23,25). The summed E-state index contributed by atoms with van der Waals surface area (Å²) in [4.78, 5) is 26.7. The van der Waals surface area contributed by atoms with E-state index in [2.05, 4.69) is 5.32 Å². The van der Waals surface area contributed by atoms with Crippen LogP contribution in [0.25, 0.3) is 0 Å². The van der Waals surface area contributed by atoms with Gasteiger partial charge in [-0.25, -0.2) is 0 Å². The number of hydrogen-bond donors (Lipinski definition) is 1. The van der Waals surface area contributed by atoms with Gasteiger partial charge < -0.3 is 19.7 Å². The van der Waals surface area contributed by atoms with Gasteiger partial charge in [0.25, 0.3) is 5.91 Å². The third kappa shape index (κ3) is 5.25. The zero-order valence-corrected chi connectivity index (χ0v) is 16.3. The summed E-state index contributed by atoms with van der Waals surface area (Å²) in [5.74, 6) is 0.910. The third-order valence-corrected chi connectivity index (χ3v) is 4.73. The number of para-hydroxylation sites is 3. The normalized spacial score (nSPS) is 12.9. The molecule has 6 heteroatoms. The molecule has 0 atom stereocenters. The Morgan fingerprint density at radius 1 is 1.07 bits per heavy atom. The van der Waals surface area contributed by atoms with Gasteiger partial charge in [0.05, 0.1) is 7.11 Å². The molecule has 1 aliphatic carbocycles. The number of aryl methyl sites for hydroxylation is 1. The van der Waals surface area contributed by atoms with Crippen molar-refractivity contribution >= 4 is 17.5 Å². The van der Waals surface area contributed by atoms with Crippen LogP contribution in [-0.4, -0.2) is 43.0 Å². The van der Waals surface area contributed by atoms with Crippen LogP contribution in [-0.2, 0) is 9.59 Å². The SMILES string of the molecule is COc1ccccc1OCC(=O)N(CCC(=O)Nc1ccccc1C)C1CC1. The van der Waals surface area contributed by atoms with E-state index in [0.717, 1.165) is 24.1 Å². The molecule has 6 nitrogen and oxygen atoms in total. The lowest BCUT2D eigenvalue weighted by Gasteiger charge is -2.22. The number of carbonyl (C=O) groups is 2. The third-order valence-electron chi connectivity index (χ3n) is 4.73. The van der Waals surface area contributed by atoms with Gasteiger partial charge >= 0.3 is 0 Å². The number of nitrogens with one attached hydrogen (secondary N) is 1. The molecule has 3 rings (SSSR count). The molecule has 0 unspecified atom stereocenters. The molecule has 0 aromatic heterocycles. The zero-order chi connectivity index (χ0) is 19.9. The van der Waals surface area contributed by atoms with Crippen molar-refractivity contribution in [3.8, 4) is 11.5 Å². The number of carbonyl (C=O) groups excluding carboxylic acids is 2. The molecule has 2 aromatic carbocycles. The van der Waals surface area contributed by atoms with Crippen molar-refractivity contribution in [2.24, 2.45) is 0 Å². The molecule has 1 aliphatic rings. The summed E-state index contributed by atoms with van der Waals surface area (Å²) in [6.45, 7) is 2.26. The molecule has 0 spiro atoms. The van der Waals surface area contributed by atoms with Crippen molar-refractivity contribution in [2.45, 2.75) is 32.2 Å². The highest BCUT2D eigenvalue weighted by Gasteiger charge is 2.32. The second kappa shape index (κ2) is 9.26. The number of rotatable bonds is 9. The Balaban J connectivity index is 1.52. The molecule has 0 saturated heterocycles. The number of amides is 2. The summed E-state index contributed by atoms with van der Waals surface area (Å²) in [7, 11) is 1.56. The molecule has 2 aromatic rings. The van der Waals surface area contributed by atoms with Crippen LogP contribution in [0.3, 0.4) is 0 Å². The predicted octanol–water partition coefficient (Wildman–Crippen LogP) is 3.40. The average Bonchev–Trinajstić information content (AvgIpc) is 3.53. The Labute approximate surface area is 165 Å². The maximum Gasteiger partial charge on any atom is 0.260 e. The number of hydrogen-bond acceptors (Lipinski definition) is 4. The van der Waals surface area contributed by atoms with Crippen LogP contribution in [0.4, 0.5) is 5.69 Å². The molecule has 28 heavy (non-hydrogen) atoms. The van der Waals surface area contributed by atoms with Crippen molar-refractivity contribution in [1.29, 1.82) is 0 Å². The molecule has 0 bridgehead atoms. The van der Waals surface area contributed by atoms with Crippen molar-refractivity contribution in [2.75, 3.05) is 25.6 Å². The van der Waals surface area contributed by atoms with E-state index in [0.29, 0.717) is 18.0 Å². The molecule has 0 heterocycles. The Morgan fingerprint density at radius 2 is 1.75 bits per heavy atom. The highest BCUT2D eigenvalue weighted by atomic mass is 16.5. The molecule has 0 aliphatic heterocycles. The smallest absolute Gasteiger partial charge is 0.260 e. The second-order valence-electron chi connectivity index (χ2n) is 6.87. The summed E-state index contributed by atoms with van der Waals surface area (Å²) < 4.78 is 10.9. The molecule has 0 radical (unpaired) electrons. The molecular formula is C22H26N2O4. The van der Waals surface area contributed by atoms with E-state index in [4.69, 9.17) is 9.47 Å². The van der Waals surface area contributed by atoms with Gasteiger partial charge in [-0.2, -0.15) is 0 Å². The lowest BCUT2D eigenvalue weighted by Crippen LogP contribution is -2.38. The first-order valence-electron chi connectivity index (χ1n) is 9.49. The summed E-state index contributed by atoms with van der Waals surface area (Å²) in [6.07, 6.45) is 2.20. The van der Waals surface area contributed by atoms with Gasteiger partial charge in [-0.1, -0.05) is 30.3 Å². The van der Waals surface area contributed by atoms with Gasteiger partial charge in [-0.05, 0) is 43.5 Å². The number of benzene rings is 2. The van der Waals surface area contributed by atoms with E-state index in [-0.39, 0.29) is 30.9 Å². The molecule has 2 amide bonds. The fourth-order valence-electron chi connectivity index (χ4n) is 3.01. The number of methoxy groups -OCH3 is 1. The Kier molecular flexibility index (Phi) is 6.53. The minimum absolute atomic E-state index is 0.0731. The van der Waals surface area contributed by atoms with Crippen LogP contribution in [0.15, 0.2) is 48.5 Å². The first kappa shape index (κ1) is 19.7. The van der Waals surface area contributed by atoms with E-state index in [1.54, 1.807) is 24.1 Å². The summed E-state index contributed by atoms with van der Waals surface area (Å²) >= 11 is 0. The maximum atomic E-state index is 12.7. The quantitative estimate of drug-likeness (QED) is 0.722. The number of ether oxygens (including phenoxy) is 2. The highest BCUT2D eigenvalue weighted by Crippen LogP contribution is 2.29. The first-order valence-corrected chi connectivity index (χ1v) is 9.49. The fraction of sp³-hybridized carbons (Fsp3) is 0.364. The lowest BCUT2D eigenvalue weighted by molar-refractivity contribution is -0.134. The van der Waals surface area contributed by atoms with E-state index < -0.39 is 0 Å². The van der Waals surface area contributed by atoms with Crippen LogP contribution in [0.1, 0.15) is 24.8 Å². The van der Waals surface area contributed by atoms with Crippen molar-refractivity contribution in [3.63, 3.8) is 0 Å². The van der Waals surface area contributed by atoms with Crippen LogP contribution in [0, 0.1) is 6.92 Å². The van der Waals surface area contributed by atoms with Gasteiger partial charge in [0.15, 0.2) is 18.1 Å². The van der Waals surface area contributed by atoms with Gasteiger partial charge in [0, 0.05) is 24.7 Å². The lowest BCUT2D eigenvalue weighted by atomic mass is 10.2. The number of nitrogens with zero attached hydrogens (tertiary/aromatic N) is 1. The molecule has 1 N–H and O–H groups in total. The van der Waals surface area contributed by atoms with Crippen molar-refractivity contribution in [3.05, 3.63) is 54.1 Å². The topological polar surface area (TPSA) is 67.9 Å². The Morgan fingerprint density at radius 3 is 2.43 bits per heavy atom. The summed E-state index contributed by atoms with van der Waals surface area (Å²) in [6, 6.07) is 15.1. The van der Waals surface area contributed by atoms with Crippen LogP contribution >= 0.6 is 0 Å². The molecule has 148 valence electrons. The highest BCUT2D eigenvalue weighted by molar-refractivity contribution is 5.92. The van der Waals surface area contributed by atoms with Gasteiger partial charge in [-0.3, -0.25) is 9.59 Å². The average molecular weight is 382 g/mol. The van der Waals surface area contributed by atoms with E-state index in [1.807, 2.05) is 43.3 Å². The minimum atomic E-state index is -0.114. The summed E-state index contributed by atoms with van der Waals surface area (Å²) in [5.41, 5.74) is 1.81. The Hall–Kier alpha value is -3.02. The van der Waals surface area contributed by atoms with Crippen LogP contribution < -0.4 is 14.8 Å². The van der Waals surface area contributed by atoms with Gasteiger partial charge in [0.2, 0.25) is 5.91 Å². The molecular weight excluding hydrogens is 356 g/mol. The van der Waals surface area contributed by atoms with Gasteiger partial charge in [-0.15, -0.1) is 0 Å². The van der Waals surface area contributed by atoms with E-state index >= 15 is 0 Å². The van der Waals surface area contributed by atoms with Gasteiger partial charge in [0.1, 0.15) is 0 Å². The van der Waals surface area contributed by atoms with Crippen molar-refractivity contribution in [1.82, 2.24) is 4.90 Å². The van der Waals surface area contributed by atoms with Crippen LogP contribution in [0.2, 0.25) is 0 Å². The largest absolute Gasteiger partial charge is 0.493 e.